The Morgan fingerprint density at radius 3 is 2.61 bits per heavy atom. The molecule has 1 aromatic rings. The Labute approximate surface area is 111 Å². The second-order valence-corrected chi connectivity index (χ2v) is 4.80. The molecule has 0 aliphatic carbocycles. The second-order valence-electron chi connectivity index (χ2n) is 4.00. The van der Waals surface area contributed by atoms with Gasteiger partial charge in [-0.05, 0) is 26.5 Å². The van der Waals surface area contributed by atoms with Crippen LogP contribution in [-0.2, 0) is 0 Å². The predicted octanol–water partition coefficient (Wildman–Crippen LogP) is 1.32. The first-order valence-electron chi connectivity index (χ1n) is 5.84. The van der Waals surface area contributed by atoms with Gasteiger partial charge in [-0.3, -0.25) is 4.79 Å². The molecule has 1 heterocycles. The summed E-state index contributed by atoms with van der Waals surface area (Å²) >= 11 is 1.42. The maximum Gasteiger partial charge on any atom is 0.256 e. The van der Waals surface area contributed by atoms with Crippen LogP contribution < -0.4 is 5.32 Å². The number of thioether (sulfide) groups is 1. The molecular weight excluding hydrogens is 250 g/mol. The van der Waals surface area contributed by atoms with Gasteiger partial charge in [0, 0.05) is 0 Å². The van der Waals surface area contributed by atoms with Crippen molar-refractivity contribution in [2.75, 3.05) is 12.9 Å². The zero-order valence-electron chi connectivity index (χ0n) is 11.1. The fourth-order valence-corrected chi connectivity index (χ4v) is 2.29. The third kappa shape index (κ3) is 3.43. The highest BCUT2D eigenvalue weighted by Crippen LogP contribution is 2.20. The van der Waals surface area contributed by atoms with Crippen molar-refractivity contribution in [2.24, 2.45) is 0 Å². The van der Waals surface area contributed by atoms with Gasteiger partial charge in [0.2, 0.25) is 0 Å². The number of aryl methyl sites for hydroxylation is 2. The number of rotatable bonds is 5. The zero-order valence-corrected chi connectivity index (χ0v) is 12.0. The Hall–Kier alpha value is -1.14. The average molecular weight is 269 g/mol. The normalized spacial score (nSPS) is 12.3. The first-order chi connectivity index (χ1) is 8.53. The van der Waals surface area contributed by atoms with Gasteiger partial charge in [0.05, 0.1) is 23.9 Å². The molecule has 0 saturated carbocycles. The minimum Gasteiger partial charge on any atom is -0.394 e. The van der Waals surface area contributed by atoms with E-state index in [2.05, 4.69) is 15.3 Å². The van der Waals surface area contributed by atoms with Crippen molar-refractivity contribution in [3.63, 3.8) is 0 Å². The van der Waals surface area contributed by atoms with Gasteiger partial charge in [-0.25, -0.2) is 9.97 Å². The van der Waals surface area contributed by atoms with Crippen molar-refractivity contribution in [1.82, 2.24) is 15.3 Å². The first kappa shape index (κ1) is 14.9. The zero-order chi connectivity index (χ0) is 13.7. The lowest BCUT2D eigenvalue weighted by Gasteiger charge is -2.16. The van der Waals surface area contributed by atoms with Crippen LogP contribution in [-0.4, -0.2) is 39.9 Å². The summed E-state index contributed by atoms with van der Waals surface area (Å²) in [5.74, 6) is 0.431. The third-order valence-corrected chi connectivity index (χ3v) is 3.32. The van der Waals surface area contributed by atoms with Crippen molar-refractivity contribution in [1.29, 1.82) is 0 Å². The number of hydrogen-bond donors (Lipinski definition) is 2. The summed E-state index contributed by atoms with van der Waals surface area (Å²) in [6.07, 6.45) is 2.56. The molecule has 0 aliphatic heterocycles. The Bertz CT molecular complexity index is 434. The summed E-state index contributed by atoms with van der Waals surface area (Å²) in [5.41, 5.74) is 1.16. The van der Waals surface area contributed by atoms with E-state index >= 15 is 0 Å². The summed E-state index contributed by atoms with van der Waals surface area (Å²) in [6.45, 7) is 5.44. The van der Waals surface area contributed by atoms with E-state index < -0.39 is 0 Å². The van der Waals surface area contributed by atoms with Gasteiger partial charge in [0.25, 0.3) is 5.91 Å². The minimum atomic E-state index is -0.229. The standard InChI is InChI=1S/C12H19N3O2S/c1-5-9(6-16)15-11(17)10-7(2)13-8(3)14-12(10)18-4/h9,16H,5-6H2,1-4H3,(H,15,17)/t9-/m0/s1. The van der Waals surface area contributed by atoms with E-state index in [-0.39, 0.29) is 18.6 Å². The Kier molecular flexibility index (Phi) is 5.55. The Morgan fingerprint density at radius 1 is 1.44 bits per heavy atom. The van der Waals surface area contributed by atoms with Crippen LogP contribution in [0.4, 0.5) is 0 Å². The number of amides is 1. The molecule has 0 aliphatic rings. The lowest BCUT2D eigenvalue weighted by Crippen LogP contribution is -2.37. The number of aromatic nitrogens is 2. The topological polar surface area (TPSA) is 75.1 Å². The molecule has 1 rings (SSSR count). The molecule has 2 N–H and O–H groups in total. The van der Waals surface area contributed by atoms with E-state index in [1.165, 1.54) is 11.8 Å². The van der Waals surface area contributed by atoms with Gasteiger partial charge in [0.15, 0.2) is 0 Å². The number of nitrogens with zero attached hydrogens (tertiary/aromatic N) is 2. The fraction of sp³-hybridized carbons (Fsp3) is 0.583. The molecular formula is C12H19N3O2S. The van der Waals surface area contributed by atoms with Crippen LogP contribution in [0.2, 0.25) is 0 Å². The molecule has 0 saturated heterocycles. The van der Waals surface area contributed by atoms with Crippen LogP contribution in [0.3, 0.4) is 0 Å². The number of aliphatic hydroxyl groups excluding tert-OH is 1. The first-order valence-corrected chi connectivity index (χ1v) is 7.06. The Balaban J connectivity index is 3.05. The monoisotopic (exact) mass is 269 g/mol. The van der Waals surface area contributed by atoms with Crippen molar-refractivity contribution in [2.45, 2.75) is 38.3 Å². The van der Waals surface area contributed by atoms with Gasteiger partial charge in [0.1, 0.15) is 10.9 Å². The largest absolute Gasteiger partial charge is 0.394 e. The summed E-state index contributed by atoms with van der Waals surface area (Å²) < 4.78 is 0. The lowest BCUT2D eigenvalue weighted by molar-refractivity contribution is 0.0910. The molecule has 5 nitrogen and oxygen atoms in total. The SMILES string of the molecule is CC[C@@H](CO)NC(=O)c1c(C)nc(C)nc1SC. The van der Waals surface area contributed by atoms with Gasteiger partial charge in [-0.15, -0.1) is 11.8 Å². The fourth-order valence-electron chi connectivity index (χ4n) is 1.62. The highest BCUT2D eigenvalue weighted by atomic mass is 32.2. The van der Waals surface area contributed by atoms with E-state index in [0.29, 0.717) is 28.5 Å². The summed E-state index contributed by atoms with van der Waals surface area (Å²) in [5, 5.41) is 12.6. The minimum absolute atomic E-state index is 0.0669. The van der Waals surface area contributed by atoms with E-state index in [9.17, 15) is 4.79 Å². The van der Waals surface area contributed by atoms with Gasteiger partial charge in [-0.1, -0.05) is 6.92 Å². The molecule has 0 fully saturated rings. The van der Waals surface area contributed by atoms with E-state index in [0.717, 1.165) is 0 Å². The van der Waals surface area contributed by atoms with Crippen LogP contribution in [0.15, 0.2) is 5.03 Å². The summed E-state index contributed by atoms with van der Waals surface area (Å²) in [4.78, 5) is 20.6. The van der Waals surface area contributed by atoms with Crippen molar-refractivity contribution in [3.8, 4) is 0 Å². The molecule has 6 heteroatoms. The van der Waals surface area contributed by atoms with Gasteiger partial charge >= 0.3 is 0 Å². The van der Waals surface area contributed by atoms with E-state index in [1.807, 2.05) is 13.2 Å². The molecule has 0 unspecified atom stereocenters. The predicted molar refractivity (Wildman–Crippen MR) is 71.9 cm³/mol. The molecule has 0 bridgehead atoms. The number of aliphatic hydroxyl groups is 1. The van der Waals surface area contributed by atoms with Gasteiger partial charge < -0.3 is 10.4 Å². The van der Waals surface area contributed by atoms with E-state index in [1.54, 1.807) is 13.8 Å². The molecule has 0 radical (unpaired) electrons. The number of hydrogen-bond acceptors (Lipinski definition) is 5. The van der Waals surface area contributed by atoms with Gasteiger partial charge in [-0.2, -0.15) is 0 Å². The molecule has 0 spiro atoms. The average Bonchev–Trinajstić information content (AvgIpc) is 2.34. The summed E-state index contributed by atoms with van der Waals surface area (Å²) in [6, 6.07) is -0.229. The van der Waals surface area contributed by atoms with Crippen molar-refractivity contribution < 1.29 is 9.90 Å². The molecule has 100 valence electrons. The van der Waals surface area contributed by atoms with Crippen LogP contribution in [0.1, 0.15) is 35.2 Å². The second kappa shape index (κ2) is 6.70. The molecule has 1 amide bonds. The maximum absolute atomic E-state index is 12.2. The number of carbonyl (C=O) groups excluding carboxylic acids is 1. The van der Waals surface area contributed by atoms with Crippen LogP contribution in [0.25, 0.3) is 0 Å². The van der Waals surface area contributed by atoms with E-state index in [4.69, 9.17) is 5.11 Å². The Morgan fingerprint density at radius 2 is 2.11 bits per heavy atom. The van der Waals surface area contributed by atoms with Crippen molar-refractivity contribution >= 4 is 17.7 Å². The van der Waals surface area contributed by atoms with Crippen LogP contribution >= 0.6 is 11.8 Å². The lowest BCUT2D eigenvalue weighted by atomic mass is 10.2. The number of carbonyl (C=O) groups is 1. The van der Waals surface area contributed by atoms with Crippen LogP contribution in [0, 0.1) is 13.8 Å². The smallest absolute Gasteiger partial charge is 0.256 e. The quantitative estimate of drug-likeness (QED) is 0.623. The molecule has 1 atom stereocenters. The van der Waals surface area contributed by atoms with Crippen molar-refractivity contribution in [3.05, 3.63) is 17.1 Å². The maximum atomic E-state index is 12.2. The molecule has 1 aromatic heterocycles. The number of nitrogens with one attached hydrogen (secondary N) is 1. The summed E-state index contributed by atoms with van der Waals surface area (Å²) in [7, 11) is 0. The third-order valence-electron chi connectivity index (χ3n) is 2.64. The molecule has 0 aromatic carbocycles. The van der Waals surface area contributed by atoms with Crippen LogP contribution in [0.5, 0.6) is 0 Å². The molecule has 18 heavy (non-hydrogen) atoms. The highest BCUT2D eigenvalue weighted by molar-refractivity contribution is 7.98. The highest BCUT2D eigenvalue weighted by Gasteiger charge is 2.19.